The smallest absolute Gasteiger partial charge is 0.226 e. The molecule has 2 fully saturated rings. The molecule has 1 aromatic rings. The first-order valence-electron chi connectivity index (χ1n) is 5.06. The molecule has 3 rings (SSSR count). The van der Waals surface area contributed by atoms with Crippen LogP contribution in [0.1, 0.15) is 24.4 Å². The van der Waals surface area contributed by atoms with Gasteiger partial charge >= 0.3 is 0 Å². The highest BCUT2D eigenvalue weighted by Crippen LogP contribution is 2.47. The third kappa shape index (κ3) is 1.12. The number of aromatic nitrogens is 1. The molecule has 0 bridgehead atoms. The van der Waals surface area contributed by atoms with Gasteiger partial charge in [-0.1, -0.05) is 0 Å². The Bertz CT molecular complexity index is 359. The number of carbonyl (C=O) groups excluding carboxylic acids is 1. The lowest BCUT2D eigenvalue weighted by Gasteiger charge is -2.37. The summed E-state index contributed by atoms with van der Waals surface area (Å²) in [5.41, 5.74) is 1.19. The van der Waals surface area contributed by atoms with E-state index in [-0.39, 0.29) is 17.9 Å². The van der Waals surface area contributed by atoms with Gasteiger partial charge in [-0.3, -0.25) is 9.78 Å². The van der Waals surface area contributed by atoms with E-state index < -0.39 is 0 Å². The van der Waals surface area contributed by atoms with Gasteiger partial charge in [0.2, 0.25) is 5.91 Å². The van der Waals surface area contributed by atoms with E-state index in [0.717, 1.165) is 0 Å². The molecule has 0 spiro atoms. The van der Waals surface area contributed by atoms with E-state index in [1.165, 1.54) is 18.4 Å². The molecular formula is C11H12N2O. The highest BCUT2D eigenvalue weighted by atomic mass is 16.2. The van der Waals surface area contributed by atoms with E-state index in [0.29, 0.717) is 5.92 Å². The van der Waals surface area contributed by atoms with Crippen molar-refractivity contribution in [1.29, 1.82) is 0 Å². The van der Waals surface area contributed by atoms with Crippen molar-refractivity contribution >= 4 is 5.91 Å². The minimum atomic E-state index is 0.231. The predicted molar refractivity (Wildman–Crippen MR) is 51.3 cm³/mol. The minimum absolute atomic E-state index is 0.231. The van der Waals surface area contributed by atoms with Gasteiger partial charge in [-0.25, -0.2) is 0 Å². The van der Waals surface area contributed by atoms with Crippen LogP contribution in [0.5, 0.6) is 0 Å². The maximum atomic E-state index is 11.4. The molecule has 3 heteroatoms. The van der Waals surface area contributed by atoms with Crippen LogP contribution in [-0.4, -0.2) is 10.9 Å². The average Bonchev–Trinajstić information content (AvgIpc) is 2.99. The Labute approximate surface area is 82.5 Å². The summed E-state index contributed by atoms with van der Waals surface area (Å²) in [5, 5.41) is 2.96. The zero-order valence-electron chi connectivity index (χ0n) is 7.81. The zero-order valence-corrected chi connectivity index (χ0v) is 7.81. The Morgan fingerprint density at radius 3 is 2.57 bits per heavy atom. The van der Waals surface area contributed by atoms with Gasteiger partial charge in [0.25, 0.3) is 0 Å². The number of pyridine rings is 1. The first-order chi connectivity index (χ1) is 6.86. The molecule has 2 unspecified atom stereocenters. The average molecular weight is 188 g/mol. The standard InChI is InChI=1S/C11H12N2O/c14-11-9(7-1-2-7)10(13-11)8-3-5-12-6-4-8/h3-7,9-10H,1-2H2,(H,13,14). The SMILES string of the molecule is O=C1NC(c2ccncc2)C1C1CC1. The number of nitrogens with one attached hydrogen (secondary N) is 1. The number of hydrogen-bond acceptors (Lipinski definition) is 2. The zero-order chi connectivity index (χ0) is 9.54. The van der Waals surface area contributed by atoms with Gasteiger partial charge in [-0.05, 0) is 36.5 Å². The number of hydrogen-bond donors (Lipinski definition) is 1. The summed E-state index contributed by atoms with van der Waals surface area (Å²) in [4.78, 5) is 15.3. The van der Waals surface area contributed by atoms with Crippen molar-refractivity contribution in [3.63, 3.8) is 0 Å². The van der Waals surface area contributed by atoms with Crippen molar-refractivity contribution in [2.75, 3.05) is 0 Å². The van der Waals surface area contributed by atoms with E-state index in [2.05, 4.69) is 10.3 Å². The lowest BCUT2D eigenvalue weighted by atomic mass is 9.82. The first-order valence-corrected chi connectivity index (χ1v) is 5.06. The topological polar surface area (TPSA) is 42.0 Å². The molecule has 2 heterocycles. The molecule has 2 aliphatic rings. The van der Waals surface area contributed by atoms with Crippen LogP contribution in [0, 0.1) is 11.8 Å². The van der Waals surface area contributed by atoms with Gasteiger partial charge in [0.1, 0.15) is 0 Å². The molecule has 0 radical (unpaired) electrons. The Balaban J connectivity index is 1.83. The Hall–Kier alpha value is -1.38. The van der Waals surface area contributed by atoms with E-state index in [9.17, 15) is 4.79 Å². The lowest BCUT2D eigenvalue weighted by Crippen LogP contribution is -2.52. The number of β-lactam (4-membered cyclic amide) rings is 1. The monoisotopic (exact) mass is 188 g/mol. The van der Waals surface area contributed by atoms with Crippen molar-refractivity contribution in [2.45, 2.75) is 18.9 Å². The summed E-state index contributed by atoms with van der Waals surface area (Å²) in [6.45, 7) is 0. The quantitative estimate of drug-likeness (QED) is 0.710. The van der Waals surface area contributed by atoms with Gasteiger partial charge in [-0.15, -0.1) is 0 Å². The van der Waals surface area contributed by atoms with Crippen LogP contribution in [0.2, 0.25) is 0 Å². The molecule has 1 saturated carbocycles. The van der Waals surface area contributed by atoms with Crippen LogP contribution in [-0.2, 0) is 4.79 Å². The summed E-state index contributed by atoms with van der Waals surface area (Å²) >= 11 is 0. The molecule has 1 amide bonds. The Morgan fingerprint density at radius 1 is 1.29 bits per heavy atom. The van der Waals surface area contributed by atoms with Crippen LogP contribution in [0.15, 0.2) is 24.5 Å². The molecule has 3 nitrogen and oxygen atoms in total. The second-order valence-corrected chi connectivity index (χ2v) is 4.13. The van der Waals surface area contributed by atoms with Crippen LogP contribution < -0.4 is 5.32 Å². The van der Waals surface area contributed by atoms with Crippen molar-refractivity contribution in [2.24, 2.45) is 11.8 Å². The Kier molecular flexibility index (Phi) is 1.60. The fraction of sp³-hybridized carbons (Fsp3) is 0.455. The van der Waals surface area contributed by atoms with Crippen LogP contribution >= 0.6 is 0 Å². The summed E-state index contributed by atoms with van der Waals surface area (Å²) in [6, 6.07) is 4.22. The van der Waals surface area contributed by atoms with E-state index >= 15 is 0 Å². The second-order valence-electron chi connectivity index (χ2n) is 4.13. The lowest BCUT2D eigenvalue weighted by molar-refractivity contribution is -0.136. The van der Waals surface area contributed by atoms with Gasteiger partial charge in [-0.2, -0.15) is 0 Å². The molecule has 1 aliphatic carbocycles. The molecule has 1 aliphatic heterocycles. The number of rotatable bonds is 2. The highest BCUT2D eigenvalue weighted by molar-refractivity contribution is 5.87. The van der Waals surface area contributed by atoms with Gasteiger partial charge < -0.3 is 5.32 Å². The van der Waals surface area contributed by atoms with E-state index in [1.54, 1.807) is 12.4 Å². The molecule has 1 aromatic heterocycles. The summed E-state index contributed by atoms with van der Waals surface area (Å²) in [5.74, 6) is 1.11. The first kappa shape index (κ1) is 7.97. The fourth-order valence-corrected chi connectivity index (χ4v) is 2.20. The summed E-state index contributed by atoms with van der Waals surface area (Å²) in [7, 11) is 0. The van der Waals surface area contributed by atoms with Crippen molar-refractivity contribution in [1.82, 2.24) is 10.3 Å². The molecule has 1 saturated heterocycles. The van der Waals surface area contributed by atoms with Crippen molar-refractivity contribution in [3.05, 3.63) is 30.1 Å². The second kappa shape index (κ2) is 2.80. The maximum Gasteiger partial charge on any atom is 0.226 e. The minimum Gasteiger partial charge on any atom is -0.348 e. The molecule has 14 heavy (non-hydrogen) atoms. The predicted octanol–water partition coefficient (Wildman–Crippen LogP) is 1.28. The Morgan fingerprint density at radius 2 is 2.00 bits per heavy atom. The molecule has 2 atom stereocenters. The normalized spacial score (nSPS) is 30.7. The largest absolute Gasteiger partial charge is 0.348 e. The number of amides is 1. The summed E-state index contributed by atoms with van der Waals surface area (Å²) < 4.78 is 0. The number of nitrogens with zero attached hydrogens (tertiary/aromatic N) is 1. The molecule has 1 N–H and O–H groups in total. The molecule has 0 aromatic carbocycles. The van der Waals surface area contributed by atoms with Crippen LogP contribution in [0.4, 0.5) is 0 Å². The summed E-state index contributed by atoms with van der Waals surface area (Å²) in [6.07, 6.45) is 6.01. The molecular weight excluding hydrogens is 176 g/mol. The maximum absolute atomic E-state index is 11.4. The molecule has 72 valence electrons. The highest BCUT2D eigenvalue weighted by Gasteiger charge is 2.49. The van der Waals surface area contributed by atoms with E-state index in [4.69, 9.17) is 0 Å². The third-order valence-corrected chi connectivity index (χ3v) is 3.15. The number of carbonyl (C=O) groups is 1. The van der Waals surface area contributed by atoms with Gasteiger partial charge in [0.05, 0.1) is 12.0 Å². The van der Waals surface area contributed by atoms with E-state index in [1.807, 2.05) is 12.1 Å². The van der Waals surface area contributed by atoms with Crippen LogP contribution in [0.25, 0.3) is 0 Å². The van der Waals surface area contributed by atoms with Crippen molar-refractivity contribution in [3.8, 4) is 0 Å². The third-order valence-electron chi connectivity index (χ3n) is 3.15. The van der Waals surface area contributed by atoms with Crippen LogP contribution in [0.3, 0.4) is 0 Å². The van der Waals surface area contributed by atoms with Crippen molar-refractivity contribution < 1.29 is 4.79 Å². The van der Waals surface area contributed by atoms with Gasteiger partial charge in [0.15, 0.2) is 0 Å². The van der Waals surface area contributed by atoms with Gasteiger partial charge in [0, 0.05) is 12.4 Å². The fourth-order valence-electron chi connectivity index (χ4n) is 2.20.